The summed E-state index contributed by atoms with van der Waals surface area (Å²) in [5.74, 6) is 1.54. The van der Waals surface area contributed by atoms with Gasteiger partial charge in [0.1, 0.15) is 5.82 Å². The van der Waals surface area contributed by atoms with Crippen molar-refractivity contribution in [2.45, 2.75) is 37.8 Å². The van der Waals surface area contributed by atoms with Crippen LogP contribution in [0.5, 0.6) is 0 Å². The highest BCUT2D eigenvalue weighted by Crippen LogP contribution is 2.29. The zero-order valence-electron chi connectivity index (χ0n) is 11.2. The summed E-state index contributed by atoms with van der Waals surface area (Å²) < 4.78 is 0. The number of anilines is 2. The van der Waals surface area contributed by atoms with Crippen molar-refractivity contribution < 1.29 is 0 Å². The highest BCUT2D eigenvalue weighted by atomic mass is 35.5. The predicted molar refractivity (Wildman–Crippen MR) is 78.0 cm³/mol. The summed E-state index contributed by atoms with van der Waals surface area (Å²) in [4.78, 5) is 11.2. The Bertz CT molecular complexity index is 451. The van der Waals surface area contributed by atoms with Crippen LogP contribution in [-0.2, 0) is 0 Å². The maximum Gasteiger partial charge on any atom is 0.173 e. The lowest BCUT2D eigenvalue weighted by Crippen LogP contribution is -2.57. The minimum atomic E-state index is 0.450. The molecule has 2 aliphatic rings. The van der Waals surface area contributed by atoms with Gasteiger partial charge < -0.3 is 15.5 Å². The monoisotopic (exact) mass is 281 g/mol. The van der Waals surface area contributed by atoms with Crippen molar-refractivity contribution in [3.63, 3.8) is 0 Å². The third-order valence-electron chi connectivity index (χ3n) is 4.11. The number of halogens is 1. The van der Waals surface area contributed by atoms with Gasteiger partial charge in [0, 0.05) is 25.7 Å². The van der Waals surface area contributed by atoms with E-state index >= 15 is 0 Å². The fourth-order valence-corrected chi connectivity index (χ4v) is 3.43. The Balaban J connectivity index is 1.85. The van der Waals surface area contributed by atoms with E-state index in [-0.39, 0.29) is 0 Å². The van der Waals surface area contributed by atoms with Gasteiger partial charge in [0.15, 0.2) is 11.0 Å². The average molecular weight is 282 g/mol. The van der Waals surface area contributed by atoms with Crippen LogP contribution >= 0.6 is 11.6 Å². The fourth-order valence-electron chi connectivity index (χ4n) is 3.20. The number of fused-ring (bicyclic) bond motifs is 1. The topological polar surface area (TPSA) is 53.1 Å². The number of rotatable bonds is 2. The van der Waals surface area contributed by atoms with Crippen LogP contribution in [0.2, 0.25) is 5.15 Å². The molecule has 2 fully saturated rings. The first-order valence-electron chi connectivity index (χ1n) is 7.00. The van der Waals surface area contributed by atoms with Gasteiger partial charge in [-0.3, -0.25) is 0 Å². The molecule has 2 atom stereocenters. The van der Waals surface area contributed by atoms with Crippen molar-refractivity contribution in [2.75, 3.05) is 30.4 Å². The zero-order valence-corrected chi connectivity index (χ0v) is 12.0. The maximum absolute atomic E-state index is 6.15. The highest BCUT2D eigenvalue weighted by molar-refractivity contribution is 6.31. The van der Waals surface area contributed by atoms with Crippen LogP contribution < -0.4 is 15.5 Å². The SMILES string of the molecule is CNc1ncc(N2CCCC3NCCCC32)nc1Cl. The molecular weight excluding hydrogens is 262 g/mol. The molecule has 0 radical (unpaired) electrons. The molecule has 3 rings (SSSR count). The van der Waals surface area contributed by atoms with Gasteiger partial charge in [-0.1, -0.05) is 11.6 Å². The lowest BCUT2D eigenvalue weighted by atomic mass is 9.89. The summed E-state index contributed by atoms with van der Waals surface area (Å²) in [5, 5.41) is 7.02. The number of nitrogens with one attached hydrogen (secondary N) is 2. The molecule has 0 amide bonds. The molecule has 0 bridgehead atoms. The van der Waals surface area contributed by atoms with Gasteiger partial charge in [-0.2, -0.15) is 0 Å². The largest absolute Gasteiger partial charge is 0.371 e. The molecule has 3 heterocycles. The molecule has 0 spiro atoms. The molecule has 0 aliphatic carbocycles. The number of piperidine rings is 2. The van der Waals surface area contributed by atoms with Crippen molar-refractivity contribution >= 4 is 23.2 Å². The molecule has 1 aromatic heterocycles. The third-order valence-corrected chi connectivity index (χ3v) is 4.37. The van der Waals surface area contributed by atoms with Crippen LogP contribution in [-0.4, -0.2) is 42.2 Å². The van der Waals surface area contributed by atoms with Crippen molar-refractivity contribution in [1.29, 1.82) is 0 Å². The Labute approximate surface area is 118 Å². The molecule has 0 saturated carbocycles. The molecule has 2 unspecified atom stereocenters. The zero-order chi connectivity index (χ0) is 13.2. The van der Waals surface area contributed by atoms with Crippen molar-refractivity contribution in [2.24, 2.45) is 0 Å². The second kappa shape index (κ2) is 5.51. The van der Waals surface area contributed by atoms with Gasteiger partial charge >= 0.3 is 0 Å². The summed E-state index contributed by atoms with van der Waals surface area (Å²) in [5.41, 5.74) is 0. The van der Waals surface area contributed by atoms with E-state index < -0.39 is 0 Å². The van der Waals surface area contributed by atoms with E-state index in [9.17, 15) is 0 Å². The van der Waals surface area contributed by atoms with Crippen LogP contribution in [0.1, 0.15) is 25.7 Å². The van der Waals surface area contributed by atoms with E-state index in [2.05, 4.69) is 25.5 Å². The van der Waals surface area contributed by atoms with Crippen molar-refractivity contribution in [3.8, 4) is 0 Å². The maximum atomic E-state index is 6.15. The summed E-state index contributed by atoms with van der Waals surface area (Å²) >= 11 is 6.15. The Morgan fingerprint density at radius 2 is 2.32 bits per heavy atom. The molecule has 2 saturated heterocycles. The van der Waals surface area contributed by atoms with Gasteiger partial charge in [0.05, 0.1) is 6.20 Å². The second-order valence-corrected chi connectivity index (χ2v) is 5.58. The van der Waals surface area contributed by atoms with Crippen LogP contribution in [0.3, 0.4) is 0 Å². The van der Waals surface area contributed by atoms with E-state index in [4.69, 9.17) is 11.6 Å². The quantitative estimate of drug-likeness (QED) is 0.867. The number of nitrogens with zero attached hydrogens (tertiary/aromatic N) is 3. The van der Waals surface area contributed by atoms with Gasteiger partial charge in [-0.15, -0.1) is 0 Å². The van der Waals surface area contributed by atoms with Gasteiger partial charge in [0.25, 0.3) is 0 Å². The van der Waals surface area contributed by atoms with E-state index in [1.807, 2.05) is 6.20 Å². The molecule has 5 nitrogen and oxygen atoms in total. The number of hydrogen-bond donors (Lipinski definition) is 2. The average Bonchev–Trinajstić information content (AvgIpc) is 2.46. The second-order valence-electron chi connectivity index (χ2n) is 5.22. The first-order valence-corrected chi connectivity index (χ1v) is 7.37. The molecule has 19 heavy (non-hydrogen) atoms. The van der Waals surface area contributed by atoms with Gasteiger partial charge in [0.2, 0.25) is 0 Å². The van der Waals surface area contributed by atoms with Crippen molar-refractivity contribution in [1.82, 2.24) is 15.3 Å². The molecule has 0 aromatic carbocycles. The van der Waals surface area contributed by atoms with E-state index in [0.717, 1.165) is 18.9 Å². The number of hydrogen-bond acceptors (Lipinski definition) is 5. The Kier molecular flexibility index (Phi) is 3.75. The minimum absolute atomic E-state index is 0.450. The van der Waals surface area contributed by atoms with E-state index in [0.29, 0.717) is 23.1 Å². The summed E-state index contributed by atoms with van der Waals surface area (Å²) in [7, 11) is 1.80. The van der Waals surface area contributed by atoms with E-state index in [1.165, 1.54) is 25.7 Å². The molecular formula is C13H20ClN5. The van der Waals surface area contributed by atoms with Crippen molar-refractivity contribution in [3.05, 3.63) is 11.3 Å². The minimum Gasteiger partial charge on any atom is -0.371 e. The first-order chi connectivity index (χ1) is 9.29. The van der Waals surface area contributed by atoms with Gasteiger partial charge in [-0.25, -0.2) is 9.97 Å². The molecule has 104 valence electrons. The standard InChI is InChI=1S/C13H20ClN5/c1-15-13-12(14)18-11(8-17-13)19-7-3-4-9-10(19)5-2-6-16-9/h8-10,16H,2-7H2,1H3,(H,15,17). The smallest absolute Gasteiger partial charge is 0.173 e. The summed E-state index contributed by atoms with van der Waals surface area (Å²) in [6.07, 6.45) is 6.74. The predicted octanol–water partition coefficient (Wildman–Crippen LogP) is 1.89. The normalized spacial score (nSPS) is 26.9. The summed E-state index contributed by atoms with van der Waals surface area (Å²) in [6, 6.07) is 1.13. The lowest BCUT2D eigenvalue weighted by Gasteiger charge is -2.45. The van der Waals surface area contributed by atoms with Crippen LogP contribution in [0.25, 0.3) is 0 Å². The van der Waals surface area contributed by atoms with Crippen LogP contribution in [0, 0.1) is 0 Å². The van der Waals surface area contributed by atoms with Crippen LogP contribution in [0.15, 0.2) is 6.20 Å². The summed E-state index contributed by atoms with van der Waals surface area (Å²) in [6.45, 7) is 2.19. The number of aromatic nitrogens is 2. The lowest BCUT2D eigenvalue weighted by molar-refractivity contribution is 0.283. The van der Waals surface area contributed by atoms with Gasteiger partial charge in [-0.05, 0) is 32.2 Å². The third kappa shape index (κ3) is 2.49. The molecule has 6 heteroatoms. The Morgan fingerprint density at radius 1 is 1.42 bits per heavy atom. The Morgan fingerprint density at radius 3 is 3.11 bits per heavy atom. The van der Waals surface area contributed by atoms with Crippen LogP contribution in [0.4, 0.5) is 11.6 Å². The molecule has 2 aliphatic heterocycles. The Hall–Kier alpha value is -1.07. The fraction of sp³-hybridized carbons (Fsp3) is 0.692. The molecule has 1 aromatic rings. The highest BCUT2D eigenvalue weighted by Gasteiger charge is 2.34. The first kappa shape index (κ1) is 12.9. The molecule has 2 N–H and O–H groups in total. The van der Waals surface area contributed by atoms with E-state index in [1.54, 1.807) is 7.05 Å².